The lowest BCUT2D eigenvalue weighted by Gasteiger charge is -2.32. The largest absolute Gasteiger partial charge is 0.337 e. The lowest BCUT2D eigenvalue weighted by molar-refractivity contribution is 0.0697. The van der Waals surface area contributed by atoms with Gasteiger partial charge in [-0.15, -0.1) is 0 Å². The number of aryl methyl sites for hydroxylation is 1. The fourth-order valence-corrected chi connectivity index (χ4v) is 3.52. The first kappa shape index (κ1) is 15.8. The van der Waals surface area contributed by atoms with Crippen molar-refractivity contribution in [3.8, 4) is 5.69 Å². The third kappa shape index (κ3) is 3.04. The van der Waals surface area contributed by atoms with Gasteiger partial charge in [-0.05, 0) is 51.9 Å². The van der Waals surface area contributed by atoms with Crippen LogP contribution in [0.1, 0.15) is 34.6 Å². The highest BCUT2D eigenvalue weighted by Crippen LogP contribution is 2.23. The highest BCUT2D eigenvalue weighted by Gasteiger charge is 2.26. The van der Waals surface area contributed by atoms with Gasteiger partial charge in [-0.3, -0.25) is 4.79 Å². The van der Waals surface area contributed by atoms with E-state index in [4.69, 9.17) is 0 Å². The van der Waals surface area contributed by atoms with Gasteiger partial charge in [-0.2, -0.15) is 0 Å². The van der Waals surface area contributed by atoms with Crippen molar-refractivity contribution in [2.45, 2.75) is 32.7 Å². The van der Waals surface area contributed by atoms with Crippen LogP contribution in [-0.2, 0) is 0 Å². The predicted molar refractivity (Wildman–Crippen MR) is 93.2 cm³/mol. The number of amides is 1. The van der Waals surface area contributed by atoms with Crippen molar-refractivity contribution in [1.82, 2.24) is 14.8 Å². The highest BCUT2D eigenvalue weighted by molar-refractivity contribution is 5.96. The van der Waals surface area contributed by atoms with E-state index in [1.54, 1.807) is 0 Å². The zero-order valence-corrected chi connectivity index (χ0v) is 14.2. The molecule has 1 amide bonds. The average Bonchev–Trinajstić information content (AvgIpc) is 2.89. The molecule has 122 valence electrons. The quantitative estimate of drug-likeness (QED) is 0.946. The Morgan fingerprint density at radius 2 is 1.96 bits per heavy atom. The Hall–Kier alpha value is -2.07. The molecule has 4 heteroatoms. The topological polar surface area (TPSA) is 37.3 Å². The van der Waals surface area contributed by atoms with Crippen molar-refractivity contribution < 1.29 is 4.79 Å². The second-order valence-electron chi connectivity index (χ2n) is 6.33. The normalized spacial score (nSPS) is 18.2. The van der Waals surface area contributed by atoms with Gasteiger partial charge in [-0.1, -0.05) is 18.2 Å². The number of hydrogen-bond acceptors (Lipinski definition) is 2. The number of likely N-dealkylation sites (N-methyl/N-ethyl adjacent to an activating group) is 1. The molecule has 2 aromatic rings. The molecule has 4 nitrogen and oxygen atoms in total. The first-order valence-corrected chi connectivity index (χ1v) is 8.32. The summed E-state index contributed by atoms with van der Waals surface area (Å²) in [6.07, 6.45) is 2.21. The average molecular weight is 311 g/mol. The van der Waals surface area contributed by atoms with E-state index in [0.717, 1.165) is 48.6 Å². The summed E-state index contributed by atoms with van der Waals surface area (Å²) in [5.74, 6) is 0.153. The number of likely N-dealkylation sites (tertiary alicyclic amines) is 1. The van der Waals surface area contributed by atoms with Crippen molar-refractivity contribution in [2.24, 2.45) is 0 Å². The van der Waals surface area contributed by atoms with Crippen molar-refractivity contribution >= 4 is 5.91 Å². The van der Waals surface area contributed by atoms with Crippen molar-refractivity contribution in [1.29, 1.82) is 0 Å². The summed E-state index contributed by atoms with van der Waals surface area (Å²) < 4.78 is 2.16. The van der Waals surface area contributed by atoms with Gasteiger partial charge in [0, 0.05) is 36.2 Å². The van der Waals surface area contributed by atoms with Gasteiger partial charge in [0.2, 0.25) is 0 Å². The number of hydrogen-bond donors (Lipinski definition) is 1. The molecule has 0 saturated carbocycles. The Labute approximate surface area is 138 Å². The van der Waals surface area contributed by atoms with E-state index in [-0.39, 0.29) is 5.91 Å². The van der Waals surface area contributed by atoms with Crippen LogP contribution in [0.2, 0.25) is 0 Å². The Bertz CT molecular complexity index is 690. The molecule has 3 rings (SSSR count). The van der Waals surface area contributed by atoms with Gasteiger partial charge >= 0.3 is 0 Å². The third-order valence-corrected chi connectivity index (χ3v) is 4.79. The number of para-hydroxylation sites is 1. The molecule has 1 aliphatic heterocycles. The number of rotatable bonds is 3. The Kier molecular flexibility index (Phi) is 4.53. The maximum Gasteiger partial charge on any atom is 0.255 e. The van der Waals surface area contributed by atoms with Crippen molar-refractivity contribution in [2.75, 3.05) is 20.1 Å². The lowest BCUT2D eigenvalue weighted by atomic mass is 10.0. The summed E-state index contributed by atoms with van der Waals surface area (Å²) >= 11 is 0. The number of carbonyl (C=O) groups excluding carboxylic acids is 1. The van der Waals surface area contributed by atoms with E-state index in [9.17, 15) is 4.79 Å². The van der Waals surface area contributed by atoms with Crippen LogP contribution in [0, 0.1) is 13.8 Å². The maximum absolute atomic E-state index is 13.0. The molecule has 1 aliphatic rings. The number of benzene rings is 1. The van der Waals surface area contributed by atoms with Crippen LogP contribution in [0.5, 0.6) is 0 Å². The van der Waals surface area contributed by atoms with Gasteiger partial charge in [0.05, 0.1) is 5.56 Å². The number of piperidine rings is 1. The zero-order chi connectivity index (χ0) is 16.4. The second kappa shape index (κ2) is 6.59. The molecule has 2 heterocycles. The van der Waals surface area contributed by atoms with E-state index in [1.807, 2.05) is 43.1 Å². The molecule has 1 atom stereocenters. The summed E-state index contributed by atoms with van der Waals surface area (Å²) in [6.45, 7) is 5.74. The molecule has 1 unspecified atom stereocenters. The molecule has 1 saturated heterocycles. The summed E-state index contributed by atoms with van der Waals surface area (Å²) in [5, 5.41) is 3.30. The smallest absolute Gasteiger partial charge is 0.255 e. The Balaban J connectivity index is 1.90. The first-order chi connectivity index (χ1) is 11.1. The SMILES string of the molecule is CNC1CCCN(C(=O)c2cc(C)n(-c3ccccc3)c2C)C1. The van der Waals surface area contributed by atoms with Crippen molar-refractivity contribution in [3.05, 3.63) is 53.3 Å². The van der Waals surface area contributed by atoms with Gasteiger partial charge in [0.15, 0.2) is 0 Å². The summed E-state index contributed by atoms with van der Waals surface area (Å²) in [4.78, 5) is 15.0. The highest BCUT2D eigenvalue weighted by atomic mass is 16.2. The van der Waals surface area contributed by atoms with Crippen LogP contribution in [0.25, 0.3) is 5.69 Å². The number of nitrogens with one attached hydrogen (secondary N) is 1. The fraction of sp³-hybridized carbons (Fsp3) is 0.421. The molecule has 0 radical (unpaired) electrons. The van der Waals surface area contributed by atoms with Crippen LogP contribution in [0.15, 0.2) is 36.4 Å². The molecule has 1 aromatic heterocycles. The zero-order valence-electron chi connectivity index (χ0n) is 14.2. The van der Waals surface area contributed by atoms with E-state index in [2.05, 4.69) is 28.9 Å². The number of aromatic nitrogens is 1. The molecular weight excluding hydrogens is 286 g/mol. The molecule has 1 fully saturated rings. The van der Waals surface area contributed by atoms with E-state index in [0.29, 0.717) is 6.04 Å². The molecular formula is C19H25N3O. The minimum Gasteiger partial charge on any atom is -0.337 e. The van der Waals surface area contributed by atoms with Gasteiger partial charge in [0.1, 0.15) is 0 Å². The van der Waals surface area contributed by atoms with Gasteiger partial charge in [-0.25, -0.2) is 0 Å². The van der Waals surface area contributed by atoms with E-state index >= 15 is 0 Å². The third-order valence-electron chi connectivity index (χ3n) is 4.79. The summed E-state index contributed by atoms with van der Waals surface area (Å²) in [7, 11) is 1.97. The van der Waals surface area contributed by atoms with Crippen LogP contribution in [0.4, 0.5) is 0 Å². The molecule has 0 spiro atoms. The van der Waals surface area contributed by atoms with E-state index < -0.39 is 0 Å². The maximum atomic E-state index is 13.0. The van der Waals surface area contributed by atoms with Crippen LogP contribution < -0.4 is 5.32 Å². The van der Waals surface area contributed by atoms with E-state index in [1.165, 1.54) is 0 Å². The Morgan fingerprint density at radius 1 is 1.22 bits per heavy atom. The summed E-state index contributed by atoms with van der Waals surface area (Å²) in [5.41, 5.74) is 4.04. The number of carbonyl (C=O) groups is 1. The fourth-order valence-electron chi connectivity index (χ4n) is 3.52. The monoisotopic (exact) mass is 311 g/mol. The van der Waals surface area contributed by atoms with Crippen LogP contribution >= 0.6 is 0 Å². The minimum absolute atomic E-state index is 0.153. The standard InChI is InChI=1S/C19H25N3O/c1-14-12-18(15(2)22(14)17-9-5-4-6-10-17)19(23)21-11-7-8-16(13-21)20-3/h4-6,9-10,12,16,20H,7-8,11,13H2,1-3H3. The summed E-state index contributed by atoms with van der Waals surface area (Å²) in [6, 6.07) is 12.6. The minimum atomic E-state index is 0.153. The predicted octanol–water partition coefficient (Wildman–Crippen LogP) is 2.92. The Morgan fingerprint density at radius 3 is 2.65 bits per heavy atom. The molecule has 23 heavy (non-hydrogen) atoms. The first-order valence-electron chi connectivity index (χ1n) is 8.32. The molecule has 1 aromatic carbocycles. The molecule has 0 bridgehead atoms. The molecule has 1 N–H and O–H groups in total. The molecule has 0 aliphatic carbocycles. The second-order valence-corrected chi connectivity index (χ2v) is 6.33. The van der Waals surface area contributed by atoms with Gasteiger partial charge in [0.25, 0.3) is 5.91 Å². The van der Waals surface area contributed by atoms with Crippen LogP contribution in [0.3, 0.4) is 0 Å². The lowest BCUT2D eigenvalue weighted by Crippen LogP contribution is -2.47. The van der Waals surface area contributed by atoms with Crippen molar-refractivity contribution in [3.63, 3.8) is 0 Å². The number of nitrogens with zero attached hydrogens (tertiary/aromatic N) is 2. The van der Waals surface area contributed by atoms with Gasteiger partial charge < -0.3 is 14.8 Å². The van der Waals surface area contributed by atoms with Crippen LogP contribution in [-0.4, -0.2) is 41.6 Å².